The minimum absolute atomic E-state index is 0.111. The quantitative estimate of drug-likeness (QED) is 0.0757. The first-order chi connectivity index (χ1) is 23.8. The molecule has 0 unspecified atom stereocenters. The van der Waals surface area contributed by atoms with Gasteiger partial charge in [0, 0.05) is 47.8 Å². The zero-order chi connectivity index (χ0) is 34.6. The van der Waals surface area contributed by atoms with Gasteiger partial charge in [-0.15, -0.1) is 0 Å². The van der Waals surface area contributed by atoms with Gasteiger partial charge in [0.15, 0.2) is 12.0 Å². The van der Waals surface area contributed by atoms with E-state index < -0.39 is 5.97 Å². The molecule has 1 aliphatic carbocycles. The highest BCUT2D eigenvalue weighted by Gasteiger charge is 2.21. The maximum absolute atomic E-state index is 12.4. The maximum Gasteiger partial charge on any atom is 0.336 e. The number of benzene rings is 4. The predicted molar refractivity (Wildman–Crippen MR) is 185 cm³/mol. The summed E-state index contributed by atoms with van der Waals surface area (Å²) in [5.74, 6) is -0.979. The number of fused-ring (bicyclic) bond motifs is 2. The van der Waals surface area contributed by atoms with Crippen LogP contribution in [0.4, 0.5) is 0 Å². The number of carbonyl (C=O) groups is 3. The molecular weight excluding hydrogens is 628 g/mol. The Morgan fingerprint density at radius 2 is 1.55 bits per heavy atom. The van der Waals surface area contributed by atoms with Crippen molar-refractivity contribution >= 4 is 34.8 Å². The summed E-state index contributed by atoms with van der Waals surface area (Å²) in [6.45, 7) is 3.69. The number of hydrogen-bond donors (Lipinski definition) is 3. The van der Waals surface area contributed by atoms with Crippen molar-refractivity contribution in [2.75, 3.05) is 46.1 Å². The highest BCUT2D eigenvalue weighted by atomic mass is 16.5. The van der Waals surface area contributed by atoms with Gasteiger partial charge in [-0.05, 0) is 54.5 Å². The number of hydrogen-bond acceptors (Lipinski definition) is 8. The Labute approximate surface area is 282 Å². The first kappa shape index (κ1) is 34.6. The monoisotopic (exact) mass is 664 g/mol. The van der Waals surface area contributed by atoms with E-state index in [1.165, 1.54) is 24.3 Å². The summed E-state index contributed by atoms with van der Waals surface area (Å²) in [5, 5.41) is 15.9. The second-order valence-corrected chi connectivity index (χ2v) is 11.0. The van der Waals surface area contributed by atoms with Crippen molar-refractivity contribution in [1.82, 2.24) is 10.6 Å². The van der Waals surface area contributed by atoms with E-state index in [2.05, 4.69) is 10.6 Å². The van der Waals surface area contributed by atoms with Crippen molar-refractivity contribution in [1.29, 1.82) is 0 Å². The SMILES string of the molecule is Cc1ccc(/C=C/C(=O)NCCOCCOCCNC(=O)COc2ccc3c(-c4ccccc4C(=O)O)c4ccc(=O)cc-4oc3c2)cc1. The molecule has 5 rings (SSSR count). The van der Waals surface area contributed by atoms with Crippen molar-refractivity contribution in [3.63, 3.8) is 0 Å². The molecule has 3 aromatic carbocycles. The van der Waals surface area contributed by atoms with Crippen molar-refractivity contribution < 1.29 is 38.1 Å². The van der Waals surface area contributed by atoms with E-state index >= 15 is 0 Å². The molecule has 0 aromatic heterocycles. The summed E-state index contributed by atoms with van der Waals surface area (Å²) in [6.07, 6.45) is 3.24. The number of aromatic carboxylic acids is 1. The number of carboxylic acid groups (broad SMARTS) is 1. The van der Waals surface area contributed by atoms with Gasteiger partial charge in [-0.2, -0.15) is 0 Å². The predicted octanol–water partition coefficient (Wildman–Crippen LogP) is 4.93. The van der Waals surface area contributed by atoms with Crippen LogP contribution in [0.25, 0.3) is 39.5 Å². The van der Waals surface area contributed by atoms with Gasteiger partial charge in [0.05, 0.1) is 32.0 Å². The van der Waals surface area contributed by atoms with Crippen LogP contribution in [0.15, 0.2) is 100 Å². The average molecular weight is 665 g/mol. The Morgan fingerprint density at radius 1 is 0.816 bits per heavy atom. The maximum atomic E-state index is 12.4. The number of carbonyl (C=O) groups excluding carboxylic acids is 2. The van der Waals surface area contributed by atoms with Gasteiger partial charge in [-0.3, -0.25) is 14.4 Å². The van der Waals surface area contributed by atoms with Crippen molar-refractivity contribution in [3.8, 4) is 28.2 Å². The molecule has 0 saturated heterocycles. The molecule has 1 heterocycles. The average Bonchev–Trinajstić information content (AvgIpc) is 3.10. The Bertz CT molecular complexity index is 1980. The normalized spacial score (nSPS) is 11.2. The van der Waals surface area contributed by atoms with Crippen LogP contribution < -0.4 is 20.8 Å². The summed E-state index contributed by atoms with van der Waals surface area (Å²) in [7, 11) is 0. The fourth-order valence-electron chi connectivity index (χ4n) is 5.06. The molecule has 49 heavy (non-hydrogen) atoms. The summed E-state index contributed by atoms with van der Waals surface area (Å²) in [4.78, 5) is 48.4. The number of amides is 2. The largest absolute Gasteiger partial charge is 0.484 e. The zero-order valence-electron chi connectivity index (χ0n) is 26.9. The summed E-state index contributed by atoms with van der Waals surface area (Å²) in [5.41, 5.74) is 4.01. The van der Waals surface area contributed by atoms with Gasteiger partial charge in [0.25, 0.3) is 5.91 Å². The van der Waals surface area contributed by atoms with Gasteiger partial charge in [-0.1, -0.05) is 48.0 Å². The number of ether oxygens (including phenoxy) is 3. The lowest BCUT2D eigenvalue weighted by atomic mass is 9.91. The Balaban J connectivity index is 1.04. The number of rotatable bonds is 16. The molecule has 3 N–H and O–H groups in total. The highest BCUT2D eigenvalue weighted by Crippen LogP contribution is 2.41. The molecule has 252 valence electrons. The molecule has 0 atom stereocenters. The molecule has 0 fully saturated rings. The van der Waals surface area contributed by atoms with Crippen molar-refractivity contribution in [2.24, 2.45) is 0 Å². The first-order valence-corrected chi connectivity index (χ1v) is 15.7. The fourth-order valence-corrected chi connectivity index (χ4v) is 5.06. The van der Waals surface area contributed by atoms with Crippen LogP contribution in [0, 0.1) is 6.92 Å². The van der Waals surface area contributed by atoms with E-state index in [0.29, 0.717) is 65.5 Å². The molecule has 0 radical (unpaired) electrons. The van der Waals surface area contributed by atoms with Crippen LogP contribution >= 0.6 is 0 Å². The summed E-state index contributed by atoms with van der Waals surface area (Å²) < 4.78 is 22.7. The molecule has 2 aliphatic rings. The molecular formula is C38H36N2O9. The van der Waals surface area contributed by atoms with Crippen molar-refractivity contribution in [3.05, 3.63) is 118 Å². The lowest BCUT2D eigenvalue weighted by Crippen LogP contribution is -2.32. The Kier molecular flexibility index (Phi) is 11.9. The van der Waals surface area contributed by atoms with Crippen LogP contribution in [-0.2, 0) is 19.1 Å². The van der Waals surface area contributed by atoms with Gasteiger partial charge in [-0.25, -0.2) is 4.79 Å². The van der Waals surface area contributed by atoms with Gasteiger partial charge in [0.2, 0.25) is 5.91 Å². The Morgan fingerprint density at radius 3 is 2.31 bits per heavy atom. The summed E-state index contributed by atoms with van der Waals surface area (Å²) >= 11 is 0. The molecule has 2 amide bonds. The molecule has 3 aromatic rings. The minimum Gasteiger partial charge on any atom is -0.484 e. The first-order valence-electron chi connectivity index (χ1n) is 15.7. The van der Waals surface area contributed by atoms with E-state index in [4.69, 9.17) is 18.6 Å². The molecule has 11 nitrogen and oxygen atoms in total. The third-order valence-electron chi connectivity index (χ3n) is 7.45. The fraction of sp³-hybridized carbons (Fsp3) is 0.211. The Hall–Kier alpha value is -5.78. The van der Waals surface area contributed by atoms with E-state index in [1.807, 2.05) is 31.2 Å². The summed E-state index contributed by atoms with van der Waals surface area (Å²) in [6, 6.07) is 23.9. The molecule has 0 bridgehead atoms. The lowest BCUT2D eigenvalue weighted by molar-refractivity contribution is -0.123. The third kappa shape index (κ3) is 9.63. The minimum atomic E-state index is -1.08. The number of aryl methyl sites for hydroxylation is 1. The van der Waals surface area contributed by atoms with E-state index in [0.717, 1.165) is 11.1 Å². The second kappa shape index (κ2) is 16.9. The van der Waals surface area contributed by atoms with Crippen LogP contribution in [-0.4, -0.2) is 69.0 Å². The van der Waals surface area contributed by atoms with E-state index in [1.54, 1.807) is 48.5 Å². The number of nitrogens with one attached hydrogen (secondary N) is 2. The molecule has 11 heteroatoms. The van der Waals surface area contributed by atoms with Crippen molar-refractivity contribution in [2.45, 2.75) is 6.92 Å². The van der Waals surface area contributed by atoms with E-state index in [-0.39, 0.29) is 42.6 Å². The van der Waals surface area contributed by atoms with Crippen LogP contribution in [0.1, 0.15) is 21.5 Å². The third-order valence-corrected chi connectivity index (χ3v) is 7.45. The van der Waals surface area contributed by atoms with Crippen LogP contribution in [0.5, 0.6) is 5.75 Å². The van der Waals surface area contributed by atoms with Crippen LogP contribution in [0.3, 0.4) is 0 Å². The van der Waals surface area contributed by atoms with Gasteiger partial charge in [0.1, 0.15) is 17.1 Å². The number of carboxylic acids is 1. The van der Waals surface area contributed by atoms with Gasteiger partial charge < -0.3 is 34.4 Å². The molecule has 1 aliphatic heterocycles. The zero-order valence-corrected chi connectivity index (χ0v) is 26.9. The van der Waals surface area contributed by atoms with Gasteiger partial charge >= 0.3 is 5.97 Å². The molecule has 0 spiro atoms. The van der Waals surface area contributed by atoms with E-state index in [9.17, 15) is 24.3 Å². The standard InChI is InChI=1S/C38H36N2O9/c1-25-6-8-26(9-7-25)10-15-35(42)39-16-18-46-20-21-47-19-17-40-36(43)24-48-28-12-14-32-34(23-28)49-33-22-27(41)11-13-31(33)37(32)29-4-2-3-5-30(29)38(44)45/h2-15,22-23H,16-21,24H2,1H3,(H,39,42)(H,40,43)(H,44,45)/b15-10+. The van der Waals surface area contributed by atoms with Crippen LogP contribution in [0.2, 0.25) is 0 Å². The smallest absolute Gasteiger partial charge is 0.336 e. The molecule has 0 saturated carbocycles. The lowest BCUT2D eigenvalue weighted by Gasteiger charge is -2.17. The topological polar surface area (TPSA) is 153 Å². The second-order valence-electron chi connectivity index (χ2n) is 11.0. The highest BCUT2D eigenvalue weighted by molar-refractivity contribution is 6.07.